The SMILES string of the molecule is CN(C)CCC=C1c2ccccc2COc2ccccc21.O=C(O)[C@H]1OC(O)[C@H](O)[C@@H](O)[C@@H]1O. The topological polar surface area (TPSA) is 140 Å². The van der Waals surface area contributed by atoms with Gasteiger partial charge in [-0.2, -0.15) is 0 Å². The van der Waals surface area contributed by atoms with E-state index in [4.69, 9.17) is 30.3 Å². The minimum Gasteiger partial charge on any atom is -0.488 e. The Balaban J connectivity index is 0.000000215. The van der Waals surface area contributed by atoms with Crippen LogP contribution in [0.3, 0.4) is 0 Å². The zero-order valence-electron chi connectivity index (χ0n) is 19.1. The van der Waals surface area contributed by atoms with Gasteiger partial charge in [-0.25, -0.2) is 4.79 Å². The Morgan fingerprint density at radius 3 is 2.29 bits per heavy atom. The summed E-state index contributed by atoms with van der Waals surface area (Å²) in [7, 11) is 4.22. The molecule has 0 bridgehead atoms. The lowest BCUT2D eigenvalue weighted by molar-refractivity contribution is -0.279. The van der Waals surface area contributed by atoms with Crippen molar-refractivity contribution in [1.29, 1.82) is 0 Å². The number of nitrogens with zero attached hydrogens (tertiary/aromatic N) is 1. The van der Waals surface area contributed by atoms with Gasteiger partial charge >= 0.3 is 5.97 Å². The van der Waals surface area contributed by atoms with E-state index < -0.39 is 36.7 Å². The van der Waals surface area contributed by atoms with Crippen molar-refractivity contribution in [1.82, 2.24) is 4.90 Å². The summed E-state index contributed by atoms with van der Waals surface area (Å²) in [5, 5.41) is 44.4. The molecule has 1 unspecified atom stereocenters. The van der Waals surface area contributed by atoms with E-state index in [1.807, 2.05) is 6.07 Å². The lowest BCUT2D eigenvalue weighted by Crippen LogP contribution is -2.59. The van der Waals surface area contributed by atoms with Gasteiger partial charge in [0, 0.05) is 12.1 Å². The Kier molecular flexibility index (Phi) is 8.78. The van der Waals surface area contributed by atoms with E-state index in [-0.39, 0.29) is 0 Å². The summed E-state index contributed by atoms with van der Waals surface area (Å²) >= 11 is 0. The van der Waals surface area contributed by atoms with Gasteiger partial charge in [-0.15, -0.1) is 0 Å². The highest BCUT2D eigenvalue weighted by Crippen LogP contribution is 2.36. The molecule has 5 atom stereocenters. The minimum absolute atomic E-state index is 0.637. The molecular weight excluding hydrogens is 442 g/mol. The summed E-state index contributed by atoms with van der Waals surface area (Å²) < 4.78 is 10.3. The fraction of sp³-hybridized carbons (Fsp3) is 0.400. The van der Waals surface area contributed by atoms with E-state index in [9.17, 15) is 4.79 Å². The van der Waals surface area contributed by atoms with Gasteiger partial charge in [-0.3, -0.25) is 0 Å². The Morgan fingerprint density at radius 1 is 0.971 bits per heavy atom. The second-order valence-corrected chi connectivity index (χ2v) is 8.41. The molecule has 1 fully saturated rings. The van der Waals surface area contributed by atoms with Gasteiger partial charge in [-0.1, -0.05) is 48.5 Å². The first-order valence-electron chi connectivity index (χ1n) is 11.0. The number of ether oxygens (including phenoxy) is 2. The van der Waals surface area contributed by atoms with Crippen LogP contribution in [0.1, 0.15) is 23.1 Å². The van der Waals surface area contributed by atoms with Crippen LogP contribution in [0.15, 0.2) is 54.6 Å². The van der Waals surface area contributed by atoms with Crippen LogP contribution in [0.2, 0.25) is 0 Å². The van der Waals surface area contributed by atoms with Crippen LogP contribution in [0.5, 0.6) is 5.75 Å². The smallest absolute Gasteiger partial charge is 0.335 e. The molecule has 4 rings (SSSR count). The van der Waals surface area contributed by atoms with Gasteiger partial charge < -0.3 is 39.9 Å². The molecular formula is C25H31NO8. The number of carboxylic acids is 1. The Bertz CT molecular complexity index is 958. The monoisotopic (exact) mass is 473 g/mol. The molecule has 5 N–H and O–H groups in total. The Morgan fingerprint density at radius 2 is 1.62 bits per heavy atom. The molecule has 1 saturated heterocycles. The molecule has 184 valence electrons. The molecule has 2 aliphatic rings. The summed E-state index contributed by atoms with van der Waals surface area (Å²) in [6.07, 6.45) is -5.35. The molecule has 2 aromatic carbocycles. The van der Waals surface area contributed by atoms with E-state index in [1.54, 1.807) is 0 Å². The average Bonchev–Trinajstić information content (AvgIpc) is 2.97. The second-order valence-electron chi connectivity index (χ2n) is 8.41. The van der Waals surface area contributed by atoms with E-state index in [1.165, 1.54) is 22.3 Å². The van der Waals surface area contributed by atoms with E-state index >= 15 is 0 Å². The Labute approximate surface area is 198 Å². The van der Waals surface area contributed by atoms with E-state index in [0.717, 1.165) is 18.7 Å². The lowest BCUT2D eigenvalue weighted by atomic mass is 9.93. The van der Waals surface area contributed by atoms with Crippen LogP contribution in [0.25, 0.3) is 5.57 Å². The number of hydrogen-bond acceptors (Lipinski definition) is 8. The molecule has 2 aliphatic heterocycles. The fourth-order valence-corrected chi connectivity index (χ4v) is 3.78. The predicted octanol–water partition coefficient (Wildman–Crippen LogP) is 0.833. The van der Waals surface area contributed by atoms with Gasteiger partial charge in [0.15, 0.2) is 12.4 Å². The summed E-state index contributed by atoms with van der Waals surface area (Å²) in [4.78, 5) is 12.6. The maximum absolute atomic E-state index is 10.4. The molecule has 0 saturated carbocycles. The van der Waals surface area contributed by atoms with Gasteiger partial charge in [-0.05, 0) is 43.3 Å². The van der Waals surface area contributed by atoms with Crippen molar-refractivity contribution in [3.8, 4) is 5.75 Å². The molecule has 9 nitrogen and oxygen atoms in total. The molecule has 2 heterocycles. The van der Waals surface area contributed by atoms with Crippen LogP contribution < -0.4 is 4.74 Å². The van der Waals surface area contributed by atoms with Gasteiger partial charge in [0.25, 0.3) is 0 Å². The highest BCUT2D eigenvalue weighted by atomic mass is 16.6. The third-order valence-corrected chi connectivity index (χ3v) is 5.62. The first-order valence-corrected chi connectivity index (χ1v) is 11.0. The number of aliphatic carboxylic acids is 1. The molecule has 0 amide bonds. The predicted molar refractivity (Wildman–Crippen MR) is 124 cm³/mol. The molecule has 34 heavy (non-hydrogen) atoms. The second kappa shape index (κ2) is 11.6. The number of carbonyl (C=O) groups is 1. The summed E-state index contributed by atoms with van der Waals surface area (Å²) in [6.45, 7) is 1.69. The number of rotatable bonds is 4. The van der Waals surface area contributed by atoms with Crippen molar-refractivity contribution in [3.05, 3.63) is 71.3 Å². The standard InChI is InChI=1S/C19H21NO.C6H10O7/c1-20(2)13-7-11-17-16-9-4-3-8-15(16)14-21-19-12-6-5-10-18(17)19;7-1-2(8)4(5(10)11)13-6(12)3(1)9/h3-6,8-12H,7,13-14H2,1-2H3;1-4,6-9,12H,(H,10,11)/t;1-,2-,3+,4-,6?/m.0/s1. The molecule has 0 spiro atoms. The molecule has 0 aromatic heterocycles. The van der Waals surface area contributed by atoms with Crippen LogP contribution in [0.4, 0.5) is 0 Å². The minimum atomic E-state index is -1.81. The van der Waals surface area contributed by atoms with E-state index in [2.05, 4.69) is 72.3 Å². The van der Waals surface area contributed by atoms with Crippen molar-refractivity contribution < 1.29 is 39.8 Å². The highest BCUT2D eigenvalue weighted by Gasteiger charge is 2.46. The average molecular weight is 474 g/mol. The fourth-order valence-electron chi connectivity index (χ4n) is 3.78. The van der Waals surface area contributed by atoms with Crippen LogP contribution in [0, 0.1) is 0 Å². The molecule has 2 aromatic rings. The number of aliphatic hydroxyl groups is 4. The first kappa shape index (κ1) is 25.8. The van der Waals surface area contributed by atoms with Crippen LogP contribution >= 0.6 is 0 Å². The number of benzene rings is 2. The number of para-hydroxylation sites is 1. The van der Waals surface area contributed by atoms with Gasteiger partial charge in [0.2, 0.25) is 0 Å². The van der Waals surface area contributed by atoms with Gasteiger partial charge in [0.05, 0.1) is 0 Å². The summed E-state index contributed by atoms with van der Waals surface area (Å²) in [5.41, 5.74) is 5.03. The number of fused-ring (bicyclic) bond motifs is 2. The van der Waals surface area contributed by atoms with Crippen molar-refractivity contribution in [2.75, 3.05) is 20.6 Å². The molecule has 0 radical (unpaired) electrons. The lowest BCUT2D eigenvalue weighted by Gasteiger charge is -2.36. The zero-order chi connectivity index (χ0) is 24.8. The quantitative estimate of drug-likeness (QED) is 0.437. The van der Waals surface area contributed by atoms with E-state index in [0.29, 0.717) is 6.61 Å². The van der Waals surface area contributed by atoms with Crippen molar-refractivity contribution in [3.63, 3.8) is 0 Å². The summed E-state index contributed by atoms with van der Waals surface area (Å²) in [6, 6.07) is 16.9. The maximum atomic E-state index is 10.4. The number of hydrogen-bond donors (Lipinski definition) is 5. The third kappa shape index (κ3) is 6.01. The molecule has 9 heteroatoms. The first-order chi connectivity index (χ1) is 16.2. The highest BCUT2D eigenvalue weighted by molar-refractivity contribution is 5.84. The van der Waals surface area contributed by atoms with Crippen LogP contribution in [-0.2, 0) is 16.1 Å². The van der Waals surface area contributed by atoms with Crippen LogP contribution in [-0.4, -0.2) is 87.7 Å². The number of aliphatic hydroxyl groups excluding tert-OH is 4. The number of carboxylic acid groups (broad SMARTS) is 1. The van der Waals surface area contributed by atoms with Crippen molar-refractivity contribution >= 4 is 11.5 Å². The van der Waals surface area contributed by atoms with Crippen molar-refractivity contribution in [2.24, 2.45) is 0 Å². The summed E-state index contributed by atoms with van der Waals surface area (Å²) in [5.74, 6) is -0.540. The van der Waals surface area contributed by atoms with Gasteiger partial charge in [0.1, 0.15) is 30.7 Å². The normalized spacial score (nSPS) is 27.0. The largest absolute Gasteiger partial charge is 0.488 e. The van der Waals surface area contributed by atoms with Crippen molar-refractivity contribution in [2.45, 2.75) is 43.7 Å². The Hall–Kier alpha value is -2.79. The third-order valence-electron chi connectivity index (χ3n) is 5.62. The zero-order valence-corrected chi connectivity index (χ0v) is 19.1. The molecule has 0 aliphatic carbocycles. The maximum Gasteiger partial charge on any atom is 0.335 e.